The fraction of sp³-hybridized carbons (Fsp3) is 0.684. The fourth-order valence-corrected chi connectivity index (χ4v) is 3.26. The maximum atomic E-state index is 12.1. The van der Waals surface area contributed by atoms with Crippen molar-refractivity contribution in [3.05, 3.63) is 24.0 Å². The quantitative estimate of drug-likeness (QED) is 0.362. The van der Waals surface area contributed by atoms with Crippen molar-refractivity contribution in [2.45, 2.75) is 58.0 Å². The first-order valence-corrected chi connectivity index (χ1v) is 9.49. The zero-order chi connectivity index (χ0) is 18.1. The third-order valence-electron chi connectivity index (χ3n) is 4.72. The molecule has 1 aliphatic rings. The topological polar surface area (TPSA) is 61.7 Å². The Kier molecular flexibility index (Phi) is 10.7. The molecule has 0 unspecified atom stereocenters. The molecule has 0 radical (unpaired) electrons. The molecule has 2 rings (SSSR count). The summed E-state index contributed by atoms with van der Waals surface area (Å²) >= 11 is 0. The van der Waals surface area contributed by atoms with Gasteiger partial charge in [-0.15, -0.1) is 24.0 Å². The van der Waals surface area contributed by atoms with Crippen LogP contribution in [-0.2, 0) is 18.4 Å². The van der Waals surface area contributed by atoms with Gasteiger partial charge in [0, 0.05) is 45.0 Å². The van der Waals surface area contributed by atoms with Crippen LogP contribution in [-0.4, -0.2) is 47.5 Å². The van der Waals surface area contributed by atoms with Gasteiger partial charge in [-0.25, -0.2) is 0 Å². The summed E-state index contributed by atoms with van der Waals surface area (Å²) in [7, 11) is 4.07. The van der Waals surface area contributed by atoms with Crippen LogP contribution < -0.4 is 10.6 Å². The summed E-state index contributed by atoms with van der Waals surface area (Å²) in [6.07, 6.45) is 8.51. The lowest BCUT2D eigenvalue weighted by Gasteiger charge is -2.23. The number of aliphatic imine (C=N–C) groups is 1. The number of amides is 1. The first kappa shape index (κ1) is 22.8. The van der Waals surface area contributed by atoms with Gasteiger partial charge in [-0.1, -0.05) is 19.3 Å². The molecular weight excluding hydrogens is 441 g/mol. The number of nitrogens with one attached hydrogen (secondary N) is 2. The zero-order valence-electron chi connectivity index (χ0n) is 16.3. The van der Waals surface area contributed by atoms with E-state index in [1.54, 1.807) is 0 Å². The van der Waals surface area contributed by atoms with E-state index in [0.717, 1.165) is 31.9 Å². The van der Waals surface area contributed by atoms with Crippen LogP contribution in [0.4, 0.5) is 0 Å². The summed E-state index contributed by atoms with van der Waals surface area (Å²) in [6, 6.07) is 4.53. The third-order valence-corrected chi connectivity index (χ3v) is 4.72. The molecule has 1 aromatic rings. The molecule has 7 heteroatoms. The molecule has 0 atom stereocenters. The Morgan fingerprint density at radius 1 is 1.35 bits per heavy atom. The molecule has 0 aliphatic heterocycles. The van der Waals surface area contributed by atoms with Crippen LogP contribution in [0.1, 0.15) is 51.1 Å². The van der Waals surface area contributed by atoms with E-state index in [1.807, 2.05) is 26.4 Å². The minimum atomic E-state index is 0. The van der Waals surface area contributed by atoms with Crippen LogP contribution in [0.3, 0.4) is 0 Å². The molecule has 2 N–H and O–H groups in total. The van der Waals surface area contributed by atoms with Crippen molar-refractivity contribution >= 4 is 35.8 Å². The molecule has 6 nitrogen and oxygen atoms in total. The van der Waals surface area contributed by atoms with Crippen LogP contribution in [0.2, 0.25) is 0 Å². The van der Waals surface area contributed by atoms with Crippen molar-refractivity contribution in [1.29, 1.82) is 0 Å². The van der Waals surface area contributed by atoms with E-state index in [0.29, 0.717) is 19.0 Å². The predicted octanol–water partition coefficient (Wildman–Crippen LogP) is 2.88. The Morgan fingerprint density at radius 3 is 2.69 bits per heavy atom. The maximum Gasteiger partial charge on any atom is 0.222 e. The first-order chi connectivity index (χ1) is 12.1. The second-order valence-corrected chi connectivity index (χ2v) is 6.85. The van der Waals surface area contributed by atoms with Gasteiger partial charge in [-0.2, -0.15) is 0 Å². The second-order valence-electron chi connectivity index (χ2n) is 6.85. The molecule has 1 saturated carbocycles. The van der Waals surface area contributed by atoms with Gasteiger partial charge in [-0.05, 0) is 31.9 Å². The van der Waals surface area contributed by atoms with Crippen LogP contribution >= 0.6 is 24.0 Å². The van der Waals surface area contributed by atoms with Crippen molar-refractivity contribution in [3.63, 3.8) is 0 Å². The van der Waals surface area contributed by atoms with E-state index >= 15 is 0 Å². The number of aryl methyl sites for hydroxylation is 1. The Labute approximate surface area is 174 Å². The number of aromatic nitrogens is 1. The number of hydrogen-bond donors (Lipinski definition) is 2. The van der Waals surface area contributed by atoms with Crippen LogP contribution in [0.15, 0.2) is 23.3 Å². The standard InChI is InChI=1S/C19H33N5O.HI/c1-4-20-19(24(3)15-17-11-8-14-23(17)2)21-13-12-18(25)22-16-9-6-5-7-10-16;/h8,11,14,16H,4-7,9-10,12-13,15H2,1-3H3,(H,20,21)(H,22,25);1H. The predicted molar refractivity (Wildman–Crippen MR) is 118 cm³/mol. The van der Waals surface area contributed by atoms with Crippen molar-refractivity contribution in [3.8, 4) is 0 Å². The van der Waals surface area contributed by atoms with Gasteiger partial charge in [0.1, 0.15) is 0 Å². The van der Waals surface area contributed by atoms with E-state index in [9.17, 15) is 4.79 Å². The average molecular weight is 475 g/mol. The zero-order valence-corrected chi connectivity index (χ0v) is 18.7. The van der Waals surface area contributed by atoms with Crippen LogP contribution in [0.25, 0.3) is 0 Å². The minimum absolute atomic E-state index is 0. The number of hydrogen-bond acceptors (Lipinski definition) is 2. The molecule has 0 spiro atoms. The van der Waals surface area contributed by atoms with Gasteiger partial charge in [0.15, 0.2) is 5.96 Å². The highest BCUT2D eigenvalue weighted by molar-refractivity contribution is 14.0. The van der Waals surface area contributed by atoms with Crippen molar-refractivity contribution < 1.29 is 4.79 Å². The highest BCUT2D eigenvalue weighted by Crippen LogP contribution is 2.17. The SMILES string of the molecule is CCNC(=NCCC(=O)NC1CCCCC1)N(C)Cc1cccn1C.I. The molecule has 1 amide bonds. The number of halogens is 1. The molecule has 1 aliphatic carbocycles. The summed E-state index contributed by atoms with van der Waals surface area (Å²) < 4.78 is 2.11. The summed E-state index contributed by atoms with van der Waals surface area (Å²) in [5.74, 6) is 0.964. The molecule has 1 heterocycles. The Balaban J connectivity index is 0.00000338. The molecule has 1 aromatic heterocycles. The normalized spacial score (nSPS) is 15.3. The van der Waals surface area contributed by atoms with Gasteiger partial charge in [-0.3, -0.25) is 9.79 Å². The molecule has 0 aromatic carbocycles. The Morgan fingerprint density at radius 2 is 2.08 bits per heavy atom. The van der Waals surface area contributed by atoms with Gasteiger partial charge in [0.05, 0.1) is 13.1 Å². The number of nitrogens with zero attached hydrogens (tertiary/aromatic N) is 3. The lowest BCUT2D eigenvalue weighted by molar-refractivity contribution is -0.121. The molecule has 0 saturated heterocycles. The Bertz CT molecular complexity index is 566. The van der Waals surface area contributed by atoms with Gasteiger partial charge < -0.3 is 20.1 Å². The first-order valence-electron chi connectivity index (χ1n) is 9.49. The molecular formula is C19H34IN5O. The lowest BCUT2D eigenvalue weighted by atomic mass is 9.95. The molecule has 1 fully saturated rings. The largest absolute Gasteiger partial charge is 0.357 e. The average Bonchev–Trinajstić information content (AvgIpc) is 3.00. The molecule has 0 bridgehead atoms. The number of carbonyl (C=O) groups excluding carboxylic acids is 1. The third kappa shape index (κ3) is 7.55. The van der Waals surface area contributed by atoms with Crippen LogP contribution in [0.5, 0.6) is 0 Å². The summed E-state index contributed by atoms with van der Waals surface area (Å²) in [4.78, 5) is 18.8. The van der Waals surface area contributed by atoms with E-state index in [4.69, 9.17) is 0 Å². The monoisotopic (exact) mass is 475 g/mol. The fourth-order valence-electron chi connectivity index (χ4n) is 3.26. The summed E-state index contributed by atoms with van der Waals surface area (Å²) in [5.41, 5.74) is 1.23. The van der Waals surface area contributed by atoms with Crippen molar-refractivity contribution in [2.75, 3.05) is 20.1 Å². The van der Waals surface area contributed by atoms with Gasteiger partial charge >= 0.3 is 0 Å². The summed E-state index contributed by atoms with van der Waals surface area (Å²) in [5, 5.41) is 6.46. The number of carbonyl (C=O) groups is 1. The van der Waals surface area contributed by atoms with Gasteiger partial charge in [0.2, 0.25) is 5.91 Å². The second kappa shape index (κ2) is 12.2. The highest BCUT2D eigenvalue weighted by Gasteiger charge is 2.15. The van der Waals surface area contributed by atoms with E-state index in [-0.39, 0.29) is 29.9 Å². The molecule has 148 valence electrons. The maximum absolute atomic E-state index is 12.1. The number of guanidine groups is 1. The molecule has 26 heavy (non-hydrogen) atoms. The smallest absolute Gasteiger partial charge is 0.222 e. The number of rotatable bonds is 7. The van der Waals surface area contributed by atoms with E-state index < -0.39 is 0 Å². The minimum Gasteiger partial charge on any atom is -0.357 e. The van der Waals surface area contributed by atoms with Crippen molar-refractivity contribution in [2.24, 2.45) is 12.0 Å². The van der Waals surface area contributed by atoms with E-state index in [2.05, 4.69) is 38.1 Å². The lowest BCUT2D eigenvalue weighted by Crippen LogP contribution is -2.39. The van der Waals surface area contributed by atoms with E-state index in [1.165, 1.54) is 25.0 Å². The van der Waals surface area contributed by atoms with Crippen LogP contribution in [0, 0.1) is 0 Å². The van der Waals surface area contributed by atoms with Crippen molar-refractivity contribution in [1.82, 2.24) is 20.1 Å². The Hall–Kier alpha value is -1.25. The van der Waals surface area contributed by atoms with Gasteiger partial charge in [0.25, 0.3) is 0 Å². The highest BCUT2D eigenvalue weighted by atomic mass is 127. The summed E-state index contributed by atoms with van der Waals surface area (Å²) in [6.45, 7) is 4.16.